The Morgan fingerprint density at radius 2 is 1.82 bits per heavy atom. The van der Waals surface area contributed by atoms with Crippen LogP contribution in [0.3, 0.4) is 0 Å². The van der Waals surface area contributed by atoms with Gasteiger partial charge in [-0.2, -0.15) is 9.29 Å². The normalized spacial score (nSPS) is 15.2. The number of rotatable bonds is 4. The third-order valence-electron chi connectivity index (χ3n) is 5.87. The molecule has 4 aromatic rings. The minimum absolute atomic E-state index is 0.0807. The van der Waals surface area contributed by atoms with E-state index in [4.69, 9.17) is 0 Å². The van der Waals surface area contributed by atoms with Crippen LogP contribution < -0.4 is 5.32 Å². The van der Waals surface area contributed by atoms with E-state index in [1.54, 1.807) is 35.9 Å². The first-order valence-electron chi connectivity index (χ1n) is 10.5. The molecule has 0 radical (unpaired) electrons. The van der Waals surface area contributed by atoms with Gasteiger partial charge in [0, 0.05) is 25.5 Å². The molecule has 5 rings (SSSR count). The van der Waals surface area contributed by atoms with E-state index in [0.717, 1.165) is 24.8 Å². The quantitative estimate of drug-likeness (QED) is 0.493. The number of carbonyl (C=O) groups excluding carboxylic acids is 1. The largest absolute Gasteiger partial charge is 0.327 e. The molecule has 1 aliphatic heterocycles. The second-order valence-electron chi connectivity index (χ2n) is 7.94. The fraction of sp³-hybridized carbons (Fsp3) is 0.273. The van der Waals surface area contributed by atoms with Crippen LogP contribution >= 0.6 is 0 Å². The summed E-state index contributed by atoms with van der Waals surface area (Å²) in [5.41, 5.74) is 1.41. The smallest absolute Gasteiger partial charge is 0.261 e. The van der Waals surface area contributed by atoms with Gasteiger partial charge in [-0.3, -0.25) is 10.1 Å². The van der Waals surface area contributed by atoms with Crippen LogP contribution in [-0.4, -0.2) is 51.5 Å². The number of nitrogens with zero attached hydrogens (tertiary/aromatic N) is 5. The molecule has 11 heteroatoms. The van der Waals surface area contributed by atoms with Crippen LogP contribution in [-0.2, 0) is 17.1 Å². The van der Waals surface area contributed by atoms with Crippen LogP contribution in [0.2, 0.25) is 0 Å². The van der Waals surface area contributed by atoms with Crippen molar-refractivity contribution < 1.29 is 17.6 Å². The van der Waals surface area contributed by atoms with E-state index in [2.05, 4.69) is 20.5 Å². The number of fused-ring (bicyclic) bond motifs is 3. The molecule has 1 amide bonds. The number of anilines is 1. The average Bonchev–Trinajstić information content (AvgIpc) is 3.11. The lowest BCUT2D eigenvalue weighted by molar-refractivity contribution is 0.102. The second-order valence-corrected chi connectivity index (χ2v) is 9.88. The molecule has 0 atom stereocenters. The van der Waals surface area contributed by atoms with Crippen molar-refractivity contribution in [2.45, 2.75) is 24.2 Å². The van der Waals surface area contributed by atoms with Crippen molar-refractivity contribution in [2.24, 2.45) is 7.05 Å². The van der Waals surface area contributed by atoms with Crippen molar-refractivity contribution >= 4 is 43.9 Å². The van der Waals surface area contributed by atoms with Gasteiger partial charge in [-0.1, -0.05) is 18.6 Å². The summed E-state index contributed by atoms with van der Waals surface area (Å²) in [4.78, 5) is 17.0. The Hall–Kier alpha value is -3.44. The third-order valence-corrected chi connectivity index (χ3v) is 7.76. The Labute approximate surface area is 189 Å². The molecule has 1 fully saturated rings. The fourth-order valence-corrected chi connectivity index (χ4v) is 5.66. The molecule has 2 aromatic carbocycles. The molecule has 0 saturated carbocycles. The van der Waals surface area contributed by atoms with E-state index in [-0.39, 0.29) is 16.4 Å². The van der Waals surface area contributed by atoms with Crippen LogP contribution in [0.1, 0.15) is 29.6 Å². The van der Waals surface area contributed by atoms with Crippen LogP contribution in [0.25, 0.3) is 22.1 Å². The third kappa shape index (κ3) is 3.72. The van der Waals surface area contributed by atoms with Crippen LogP contribution in [0.5, 0.6) is 0 Å². The number of carbonyl (C=O) groups is 1. The number of benzene rings is 2. The van der Waals surface area contributed by atoms with E-state index >= 15 is 0 Å². The minimum atomic E-state index is -3.61. The summed E-state index contributed by atoms with van der Waals surface area (Å²) in [6.07, 6.45) is 2.74. The van der Waals surface area contributed by atoms with Crippen molar-refractivity contribution in [1.29, 1.82) is 0 Å². The first-order valence-corrected chi connectivity index (χ1v) is 12.0. The van der Waals surface area contributed by atoms with Crippen molar-refractivity contribution in [1.82, 2.24) is 24.1 Å². The van der Waals surface area contributed by atoms with Crippen LogP contribution in [0.15, 0.2) is 47.4 Å². The van der Waals surface area contributed by atoms with Crippen LogP contribution in [0, 0.1) is 5.82 Å². The molecule has 1 aliphatic rings. The lowest BCUT2D eigenvalue weighted by atomic mass is 10.2. The zero-order valence-electron chi connectivity index (χ0n) is 17.8. The van der Waals surface area contributed by atoms with Gasteiger partial charge in [0.25, 0.3) is 11.9 Å². The van der Waals surface area contributed by atoms with Gasteiger partial charge in [0.2, 0.25) is 10.0 Å². The molecular weight excluding hydrogens is 447 g/mol. The topological polar surface area (TPSA) is 110 Å². The Kier molecular flexibility index (Phi) is 5.29. The zero-order valence-corrected chi connectivity index (χ0v) is 18.6. The van der Waals surface area contributed by atoms with Gasteiger partial charge in [0.1, 0.15) is 11.3 Å². The van der Waals surface area contributed by atoms with Gasteiger partial charge in [-0.05, 0) is 43.2 Å². The highest BCUT2D eigenvalue weighted by molar-refractivity contribution is 7.89. The summed E-state index contributed by atoms with van der Waals surface area (Å²) < 4.78 is 43.4. The summed E-state index contributed by atoms with van der Waals surface area (Å²) in [5, 5.41) is 11.2. The van der Waals surface area contributed by atoms with Gasteiger partial charge in [0.15, 0.2) is 5.65 Å². The Balaban J connectivity index is 1.52. The number of halogens is 1. The first-order chi connectivity index (χ1) is 15.9. The van der Waals surface area contributed by atoms with Crippen molar-refractivity contribution in [2.75, 3.05) is 18.4 Å². The van der Waals surface area contributed by atoms with Crippen molar-refractivity contribution in [3.8, 4) is 0 Å². The lowest BCUT2D eigenvalue weighted by Crippen LogP contribution is -2.35. The van der Waals surface area contributed by atoms with E-state index in [1.807, 2.05) is 0 Å². The Morgan fingerprint density at radius 3 is 2.58 bits per heavy atom. The maximum Gasteiger partial charge on any atom is 0.261 e. The molecule has 3 heterocycles. The number of aromatic nitrogens is 4. The van der Waals surface area contributed by atoms with E-state index in [1.165, 1.54) is 22.5 Å². The number of nitrogens with one attached hydrogen (secondary N) is 1. The molecule has 9 nitrogen and oxygen atoms in total. The summed E-state index contributed by atoms with van der Waals surface area (Å²) >= 11 is 0. The maximum atomic E-state index is 13.9. The summed E-state index contributed by atoms with van der Waals surface area (Å²) in [6.45, 7) is 1.03. The number of piperidine rings is 1. The monoisotopic (exact) mass is 468 g/mol. The Bertz CT molecular complexity index is 1500. The molecule has 170 valence electrons. The van der Waals surface area contributed by atoms with E-state index < -0.39 is 21.7 Å². The summed E-state index contributed by atoms with van der Waals surface area (Å²) in [7, 11) is -1.84. The molecular formula is C22H21FN6O3S. The van der Waals surface area contributed by atoms with Gasteiger partial charge >= 0.3 is 0 Å². The maximum absolute atomic E-state index is 13.9. The number of hydrogen-bond donors (Lipinski definition) is 1. The van der Waals surface area contributed by atoms with Crippen molar-refractivity contribution in [3.05, 3.63) is 53.8 Å². The molecule has 0 aliphatic carbocycles. The molecule has 0 bridgehead atoms. The molecule has 0 unspecified atom stereocenters. The van der Waals surface area contributed by atoms with E-state index in [9.17, 15) is 17.6 Å². The standard InChI is InChI=1S/C22H21FN6O3S/c1-28-18-10-9-14(33(31,32)29-11-5-2-6-12-29)13-16(18)19-20(28)24-22(27-26-19)25-21(30)15-7-3-4-8-17(15)23/h3-4,7-10,13H,2,5-6,11-12H2,1H3,(H,24,25,27,30). The average molecular weight is 469 g/mol. The predicted molar refractivity (Wildman–Crippen MR) is 121 cm³/mol. The van der Waals surface area contributed by atoms with Crippen LogP contribution in [0.4, 0.5) is 10.3 Å². The highest BCUT2D eigenvalue weighted by atomic mass is 32.2. The summed E-state index contributed by atoms with van der Waals surface area (Å²) in [6, 6.07) is 10.5. The molecule has 2 aromatic heterocycles. The van der Waals surface area contributed by atoms with Crippen molar-refractivity contribution in [3.63, 3.8) is 0 Å². The van der Waals surface area contributed by atoms with Gasteiger partial charge in [-0.25, -0.2) is 12.8 Å². The van der Waals surface area contributed by atoms with E-state index in [0.29, 0.717) is 29.6 Å². The highest BCUT2D eigenvalue weighted by Gasteiger charge is 2.27. The number of aryl methyl sites for hydroxylation is 1. The second kappa shape index (κ2) is 8.16. The number of hydrogen-bond acceptors (Lipinski definition) is 6. The molecule has 0 spiro atoms. The summed E-state index contributed by atoms with van der Waals surface area (Å²) in [5.74, 6) is -1.43. The molecule has 1 N–H and O–H groups in total. The van der Waals surface area contributed by atoms with Gasteiger partial charge in [-0.15, -0.1) is 10.2 Å². The van der Waals surface area contributed by atoms with Gasteiger partial charge < -0.3 is 4.57 Å². The zero-order chi connectivity index (χ0) is 23.2. The molecule has 1 saturated heterocycles. The SMILES string of the molecule is Cn1c2ccc(S(=O)(=O)N3CCCCC3)cc2c2nnc(NC(=O)c3ccccc3F)nc21. The highest BCUT2D eigenvalue weighted by Crippen LogP contribution is 2.29. The predicted octanol–water partition coefficient (Wildman–Crippen LogP) is 3.08. The first kappa shape index (κ1) is 21.4. The lowest BCUT2D eigenvalue weighted by Gasteiger charge is -2.25. The fourth-order valence-electron chi connectivity index (χ4n) is 4.12. The Morgan fingerprint density at radius 1 is 1.06 bits per heavy atom. The minimum Gasteiger partial charge on any atom is -0.327 e. The van der Waals surface area contributed by atoms with Gasteiger partial charge in [0.05, 0.1) is 16.0 Å². The number of sulfonamides is 1. The number of amides is 1. The molecule has 33 heavy (non-hydrogen) atoms.